The molecule has 0 aliphatic rings. The molecule has 0 bridgehead atoms. The van der Waals surface area contributed by atoms with Crippen LogP contribution in [0.5, 0.6) is 5.88 Å². The van der Waals surface area contributed by atoms with Crippen molar-refractivity contribution < 1.29 is 18.9 Å². The Balaban J connectivity index is 2.12. The van der Waals surface area contributed by atoms with E-state index in [2.05, 4.69) is 15.3 Å². The molecule has 0 spiro atoms. The highest BCUT2D eigenvalue weighted by molar-refractivity contribution is 5.38. The Morgan fingerprint density at radius 2 is 1.67 bits per heavy atom. The molecule has 0 atom stereocenters. The number of anilines is 1. The smallest absolute Gasteiger partial charge is 0.218 e. The second-order valence-electron chi connectivity index (χ2n) is 4.23. The minimum Gasteiger partial charge on any atom is -0.475 e. The van der Waals surface area contributed by atoms with Crippen LogP contribution in [0.1, 0.15) is 12.7 Å². The van der Waals surface area contributed by atoms with Crippen LogP contribution in [0.25, 0.3) is 0 Å². The Labute approximate surface area is 126 Å². The van der Waals surface area contributed by atoms with Crippen molar-refractivity contribution in [3.05, 3.63) is 11.9 Å². The summed E-state index contributed by atoms with van der Waals surface area (Å²) in [6, 6.07) is 1.78. The standard InChI is InChI=1S/C14H25N3O4/c1-4-15-13-11-14(17-12(2)16-13)21-10-9-20-8-7-19-6-5-18-3/h11H,4-10H2,1-3H3,(H,15,16,17). The summed E-state index contributed by atoms with van der Waals surface area (Å²) in [4.78, 5) is 8.47. The number of nitrogens with zero attached hydrogens (tertiary/aromatic N) is 2. The lowest BCUT2D eigenvalue weighted by molar-refractivity contribution is 0.0176. The molecule has 0 radical (unpaired) electrons. The molecule has 1 N–H and O–H groups in total. The van der Waals surface area contributed by atoms with Crippen LogP contribution >= 0.6 is 0 Å². The van der Waals surface area contributed by atoms with Crippen molar-refractivity contribution in [1.82, 2.24) is 9.97 Å². The number of nitrogens with one attached hydrogen (secondary N) is 1. The van der Waals surface area contributed by atoms with Gasteiger partial charge in [0.1, 0.15) is 18.2 Å². The molecule has 1 aromatic heterocycles. The van der Waals surface area contributed by atoms with Crippen molar-refractivity contribution in [3.63, 3.8) is 0 Å². The number of methoxy groups -OCH3 is 1. The highest BCUT2D eigenvalue weighted by Crippen LogP contribution is 2.12. The zero-order valence-electron chi connectivity index (χ0n) is 13.1. The van der Waals surface area contributed by atoms with E-state index in [1.54, 1.807) is 13.2 Å². The van der Waals surface area contributed by atoms with Gasteiger partial charge in [-0.1, -0.05) is 0 Å². The van der Waals surface area contributed by atoms with E-state index in [1.165, 1.54) is 0 Å². The second-order valence-corrected chi connectivity index (χ2v) is 4.23. The van der Waals surface area contributed by atoms with Gasteiger partial charge in [-0.15, -0.1) is 0 Å². The molecule has 0 amide bonds. The highest BCUT2D eigenvalue weighted by Gasteiger charge is 2.02. The predicted molar refractivity (Wildman–Crippen MR) is 79.9 cm³/mol. The fourth-order valence-electron chi connectivity index (χ4n) is 1.56. The van der Waals surface area contributed by atoms with Crippen LogP contribution in [-0.2, 0) is 14.2 Å². The fraction of sp³-hybridized carbons (Fsp3) is 0.714. The van der Waals surface area contributed by atoms with E-state index in [-0.39, 0.29) is 0 Å². The molecule has 1 aromatic rings. The summed E-state index contributed by atoms with van der Waals surface area (Å²) < 4.78 is 21.1. The Bertz CT molecular complexity index is 390. The lowest BCUT2D eigenvalue weighted by Crippen LogP contribution is -2.13. The summed E-state index contributed by atoms with van der Waals surface area (Å²) in [5.41, 5.74) is 0. The van der Waals surface area contributed by atoms with E-state index in [4.69, 9.17) is 18.9 Å². The van der Waals surface area contributed by atoms with Gasteiger partial charge in [-0.2, -0.15) is 4.98 Å². The molecule has 21 heavy (non-hydrogen) atoms. The summed E-state index contributed by atoms with van der Waals surface area (Å²) in [6.07, 6.45) is 0. The van der Waals surface area contributed by atoms with Crippen molar-refractivity contribution in [2.24, 2.45) is 0 Å². The number of ether oxygens (including phenoxy) is 4. The average molecular weight is 299 g/mol. The number of aromatic nitrogens is 2. The summed E-state index contributed by atoms with van der Waals surface area (Å²) >= 11 is 0. The fourth-order valence-corrected chi connectivity index (χ4v) is 1.56. The number of hydrogen-bond acceptors (Lipinski definition) is 7. The number of aryl methyl sites for hydroxylation is 1. The highest BCUT2D eigenvalue weighted by atomic mass is 16.6. The van der Waals surface area contributed by atoms with Gasteiger partial charge in [-0.25, -0.2) is 4.98 Å². The predicted octanol–water partition coefficient (Wildman–Crippen LogP) is 1.28. The van der Waals surface area contributed by atoms with E-state index in [0.717, 1.165) is 12.4 Å². The Hall–Kier alpha value is -1.44. The van der Waals surface area contributed by atoms with E-state index in [0.29, 0.717) is 51.3 Å². The maximum absolute atomic E-state index is 5.54. The van der Waals surface area contributed by atoms with E-state index in [1.807, 2.05) is 13.8 Å². The average Bonchev–Trinajstić information content (AvgIpc) is 2.45. The van der Waals surface area contributed by atoms with Crippen molar-refractivity contribution in [3.8, 4) is 5.88 Å². The molecule has 0 unspecified atom stereocenters. The van der Waals surface area contributed by atoms with Gasteiger partial charge in [0.2, 0.25) is 5.88 Å². The van der Waals surface area contributed by atoms with Crippen LogP contribution in [0.15, 0.2) is 6.07 Å². The Kier molecular flexibility index (Phi) is 9.43. The van der Waals surface area contributed by atoms with Gasteiger partial charge >= 0.3 is 0 Å². The summed E-state index contributed by atoms with van der Waals surface area (Å²) in [5.74, 6) is 2.00. The van der Waals surface area contributed by atoms with Gasteiger partial charge in [-0.05, 0) is 13.8 Å². The minimum absolute atomic E-state index is 0.445. The molecule has 0 aromatic carbocycles. The normalized spacial score (nSPS) is 10.6. The first-order chi connectivity index (χ1) is 10.3. The second kappa shape index (κ2) is 11.2. The maximum Gasteiger partial charge on any atom is 0.218 e. The molecule has 1 rings (SSSR count). The van der Waals surface area contributed by atoms with Crippen LogP contribution in [0.4, 0.5) is 5.82 Å². The van der Waals surface area contributed by atoms with Gasteiger partial charge in [0.25, 0.3) is 0 Å². The molecule has 0 fully saturated rings. The first-order valence-corrected chi connectivity index (χ1v) is 7.13. The quantitative estimate of drug-likeness (QED) is 0.583. The SMILES string of the molecule is CCNc1cc(OCCOCCOCCOC)nc(C)n1. The molecule has 0 aliphatic carbocycles. The van der Waals surface area contributed by atoms with Crippen LogP contribution in [0, 0.1) is 6.92 Å². The third-order valence-electron chi connectivity index (χ3n) is 2.45. The first-order valence-electron chi connectivity index (χ1n) is 7.13. The van der Waals surface area contributed by atoms with E-state index >= 15 is 0 Å². The van der Waals surface area contributed by atoms with Gasteiger partial charge in [0.05, 0.1) is 33.0 Å². The van der Waals surface area contributed by atoms with Crippen molar-refractivity contribution >= 4 is 5.82 Å². The number of hydrogen-bond donors (Lipinski definition) is 1. The van der Waals surface area contributed by atoms with Gasteiger partial charge in [0.15, 0.2) is 0 Å². The molecule has 1 heterocycles. The lowest BCUT2D eigenvalue weighted by Gasteiger charge is -2.09. The van der Waals surface area contributed by atoms with Gasteiger partial charge in [0, 0.05) is 19.7 Å². The zero-order chi connectivity index (χ0) is 15.3. The molecule has 0 saturated heterocycles. The third kappa shape index (κ3) is 8.44. The molecular weight excluding hydrogens is 274 g/mol. The van der Waals surface area contributed by atoms with Crippen molar-refractivity contribution in [2.45, 2.75) is 13.8 Å². The van der Waals surface area contributed by atoms with Crippen LogP contribution in [0.2, 0.25) is 0 Å². The van der Waals surface area contributed by atoms with E-state index < -0.39 is 0 Å². The summed E-state index contributed by atoms with van der Waals surface area (Å²) in [7, 11) is 1.65. The van der Waals surface area contributed by atoms with E-state index in [9.17, 15) is 0 Å². The topological polar surface area (TPSA) is 74.7 Å². The van der Waals surface area contributed by atoms with Crippen LogP contribution in [-0.4, -0.2) is 63.3 Å². The zero-order valence-corrected chi connectivity index (χ0v) is 13.1. The molecule has 7 nitrogen and oxygen atoms in total. The minimum atomic E-state index is 0.445. The van der Waals surface area contributed by atoms with Crippen LogP contribution in [0.3, 0.4) is 0 Å². The Morgan fingerprint density at radius 1 is 1.00 bits per heavy atom. The maximum atomic E-state index is 5.54. The Morgan fingerprint density at radius 3 is 2.33 bits per heavy atom. The molecule has 7 heteroatoms. The largest absolute Gasteiger partial charge is 0.475 e. The molecule has 120 valence electrons. The van der Waals surface area contributed by atoms with Crippen molar-refractivity contribution in [1.29, 1.82) is 0 Å². The monoisotopic (exact) mass is 299 g/mol. The summed E-state index contributed by atoms with van der Waals surface area (Å²) in [6.45, 7) is 7.88. The number of rotatable bonds is 12. The first kappa shape index (κ1) is 17.6. The summed E-state index contributed by atoms with van der Waals surface area (Å²) in [5, 5.41) is 3.13. The van der Waals surface area contributed by atoms with Crippen molar-refractivity contribution in [2.75, 3.05) is 58.6 Å². The lowest BCUT2D eigenvalue weighted by atomic mass is 10.5. The van der Waals surface area contributed by atoms with Crippen LogP contribution < -0.4 is 10.1 Å². The van der Waals surface area contributed by atoms with Gasteiger partial charge in [-0.3, -0.25) is 0 Å². The molecule has 0 saturated carbocycles. The molecular formula is C14H25N3O4. The third-order valence-corrected chi connectivity index (χ3v) is 2.45. The van der Waals surface area contributed by atoms with Gasteiger partial charge < -0.3 is 24.3 Å². The molecule has 0 aliphatic heterocycles.